The lowest BCUT2D eigenvalue weighted by molar-refractivity contribution is -0.0584. The molecule has 2 atom stereocenters. The number of hydrogen-bond donors (Lipinski definition) is 0. The van der Waals surface area contributed by atoms with E-state index in [1.165, 1.54) is 11.3 Å². The standard InChI is InChI=1S/C15H15Cl2NO2S/c1-8-6-18(7-9(2)20-8)15(19)14-13(17)12-10(16)4-3-5-11(12)21-14/h3-5,8-9H,6-7H2,1-2H3. The molecule has 3 nitrogen and oxygen atoms in total. The van der Waals surface area contributed by atoms with Gasteiger partial charge in [-0.3, -0.25) is 4.79 Å². The van der Waals surface area contributed by atoms with Gasteiger partial charge in [-0.15, -0.1) is 11.3 Å². The summed E-state index contributed by atoms with van der Waals surface area (Å²) in [6.07, 6.45) is 0.0730. The van der Waals surface area contributed by atoms with E-state index in [0.29, 0.717) is 28.0 Å². The molecule has 21 heavy (non-hydrogen) atoms. The minimum absolute atomic E-state index is 0.0365. The third kappa shape index (κ3) is 2.78. The molecule has 1 saturated heterocycles. The zero-order valence-corrected chi connectivity index (χ0v) is 14.1. The van der Waals surface area contributed by atoms with Gasteiger partial charge in [-0.2, -0.15) is 0 Å². The number of carbonyl (C=O) groups excluding carboxylic acids is 1. The summed E-state index contributed by atoms with van der Waals surface area (Å²) < 4.78 is 6.60. The van der Waals surface area contributed by atoms with Crippen molar-refractivity contribution >= 4 is 50.5 Å². The monoisotopic (exact) mass is 343 g/mol. The second-order valence-corrected chi connectivity index (χ2v) is 7.16. The molecule has 0 bridgehead atoms. The Kier molecular flexibility index (Phi) is 4.14. The highest BCUT2D eigenvalue weighted by atomic mass is 35.5. The third-order valence-corrected chi connectivity index (χ3v) is 5.46. The van der Waals surface area contributed by atoms with Gasteiger partial charge in [-0.25, -0.2) is 0 Å². The minimum Gasteiger partial charge on any atom is -0.372 e. The SMILES string of the molecule is CC1CN(C(=O)c2sc3cccc(Cl)c3c2Cl)CC(C)O1. The Morgan fingerprint density at radius 3 is 2.57 bits per heavy atom. The Morgan fingerprint density at radius 1 is 1.29 bits per heavy atom. The van der Waals surface area contributed by atoms with Gasteiger partial charge < -0.3 is 9.64 Å². The fourth-order valence-corrected chi connectivity index (χ4v) is 4.61. The summed E-state index contributed by atoms with van der Waals surface area (Å²) in [6, 6.07) is 5.58. The summed E-state index contributed by atoms with van der Waals surface area (Å²) in [7, 11) is 0. The first-order chi connectivity index (χ1) is 9.97. The predicted molar refractivity (Wildman–Crippen MR) is 87.8 cm³/mol. The van der Waals surface area contributed by atoms with E-state index >= 15 is 0 Å². The number of fused-ring (bicyclic) bond motifs is 1. The smallest absolute Gasteiger partial charge is 0.265 e. The van der Waals surface area contributed by atoms with Crippen LogP contribution in [0, 0.1) is 0 Å². The molecular formula is C15H15Cl2NO2S. The molecule has 0 saturated carbocycles. The van der Waals surface area contributed by atoms with Gasteiger partial charge >= 0.3 is 0 Å². The molecule has 0 N–H and O–H groups in total. The number of benzene rings is 1. The summed E-state index contributed by atoms with van der Waals surface area (Å²) in [6.45, 7) is 5.11. The molecule has 0 radical (unpaired) electrons. The zero-order valence-electron chi connectivity index (χ0n) is 11.7. The lowest BCUT2D eigenvalue weighted by Crippen LogP contribution is -2.48. The lowest BCUT2D eigenvalue weighted by atomic mass is 10.2. The fourth-order valence-electron chi connectivity index (χ4n) is 2.70. The summed E-state index contributed by atoms with van der Waals surface area (Å²) in [5.41, 5.74) is 0. The van der Waals surface area contributed by atoms with Crippen LogP contribution in [-0.4, -0.2) is 36.1 Å². The van der Waals surface area contributed by atoms with Crippen LogP contribution in [-0.2, 0) is 4.74 Å². The van der Waals surface area contributed by atoms with Crippen molar-refractivity contribution in [3.8, 4) is 0 Å². The van der Waals surface area contributed by atoms with Gasteiger partial charge in [-0.05, 0) is 26.0 Å². The van der Waals surface area contributed by atoms with E-state index in [0.717, 1.165) is 10.1 Å². The van der Waals surface area contributed by atoms with E-state index in [-0.39, 0.29) is 18.1 Å². The fraction of sp³-hybridized carbons (Fsp3) is 0.400. The maximum Gasteiger partial charge on any atom is 0.265 e. The molecule has 1 fully saturated rings. The molecule has 3 rings (SSSR count). The molecule has 1 amide bonds. The quantitative estimate of drug-likeness (QED) is 0.765. The van der Waals surface area contributed by atoms with Crippen LogP contribution >= 0.6 is 34.5 Å². The van der Waals surface area contributed by atoms with Crippen LogP contribution in [0.25, 0.3) is 10.1 Å². The van der Waals surface area contributed by atoms with Gasteiger partial charge in [0.25, 0.3) is 5.91 Å². The topological polar surface area (TPSA) is 29.5 Å². The van der Waals surface area contributed by atoms with Gasteiger partial charge in [0.2, 0.25) is 0 Å². The van der Waals surface area contributed by atoms with E-state index in [1.54, 1.807) is 6.07 Å². The number of amides is 1. The third-order valence-electron chi connectivity index (χ3n) is 3.51. The van der Waals surface area contributed by atoms with Gasteiger partial charge in [0.05, 0.1) is 22.3 Å². The molecule has 1 aliphatic rings. The number of carbonyl (C=O) groups is 1. The van der Waals surface area contributed by atoms with E-state index in [9.17, 15) is 4.79 Å². The molecule has 6 heteroatoms. The average molecular weight is 344 g/mol. The Bertz CT molecular complexity index is 690. The van der Waals surface area contributed by atoms with Crippen LogP contribution in [0.1, 0.15) is 23.5 Å². The van der Waals surface area contributed by atoms with E-state index in [4.69, 9.17) is 27.9 Å². The van der Waals surface area contributed by atoms with Gasteiger partial charge in [0, 0.05) is 23.2 Å². The van der Waals surface area contributed by atoms with Crippen molar-refractivity contribution in [1.29, 1.82) is 0 Å². The van der Waals surface area contributed by atoms with E-state index in [1.807, 2.05) is 30.9 Å². The van der Waals surface area contributed by atoms with Crippen molar-refractivity contribution < 1.29 is 9.53 Å². The molecule has 1 aromatic carbocycles. The number of hydrogen-bond acceptors (Lipinski definition) is 3. The number of ether oxygens (including phenoxy) is 1. The maximum absolute atomic E-state index is 12.7. The number of thiophene rings is 1. The van der Waals surface area contributed by atoms with E-state index in [2.05, 4.69) is 0 Å². The highest BCUT2D eigenvalue weighted by Crippen LogP contribution is 2.40. The second kappa shape index (κ2) is 5.76. The predicted octanol–water partition coefficient (Wildman–Crippen LogP) is 4.46. The Hall–Kier alpha value is -0.810. The van der Waals surface area contributed by atoms with Crippen LogP contribution < -0.4 is 0 Å². The van der Waals surface area contributed by atoms with Crippen molar-refractivity contribution in [2.75, 3.05) is 13.1 Å². The molecule has 0 aliphatic carbocycles. The number of morpholine rings is 1. The van der Waals surface area contributed by atoms with Crippen molar-refractivity contribution in [3.63, 3.8) is 0 Å². The molecule has 0 spiro atoms. The minimum atomic E-state index is -0.0423. The highest BCUT2D eigenvalue weighted by Gasteiger charge is 2.29. The summed E-state index contributed by atoms with van der Waals surface area (Å²) in [4.78, 5) is 15.1. The normalized spacial score (nSPS) is 22.8. The van der Waals surface area contributed by atoms with Crippen LogP contribution in [0.15, 0.2) is 18.2 Å². The molecule has 112 valence electrons. The summed E-state index contributed by atoms with van der Waals surface area (Å²) in [5.74, 6) is -0.0423. The molecular weight excluding hydrogens is 329 g/mol. The number of halogens is 2. The number of rotatable bonds is 1. The summed E-state index contributed by atoms with van der Waals surface area (Å²) in [5, 5.41) is 1.80. The van der Waals surface area contributed by atoms with Crippen LogP contribution in [0.2, 0.25) is 10.0 Å². The number of nitrogens with zero attached hydrogens (tertiary/aromatic N) is 1. The zero-order chi connectivity index (χ0) is 15.1. The lowest BCUT2D eigenvalue weighted by Gasteiger charge is -2.35. The van der Waals surface area contributed by atoms with Gasteiger partial charge in [-0.1, -0.05) is 29.3 Å². The maximum atomic E-state index is 12.7. The van der Waals surface area contributed by atoms with Crippen molar-refractivity contribution in [3.05, 3.63) is 33.1 Å². The Morgan fingerprint density at radius 2 is 1.95 bits per heavy atom. The molecule has 2 unspecified atom stereocenters. The van der Waals surface area contributed by atoms with Crippen molar-refractivity contribution in [2.24, 2.45) is 0 Å². The first-order valence-corrected chi connectivity index (χ1v) is 8.36. The van der Waals surface area contributed by atoms with Crippen LogP contribution in [0.3, 0.4) is 0 Å². The molecule has 1 aromatic heterocycles. The first-order valence-electron chi connectivity index (χ1n) is 6.78. The van der Waals surface area contributed by atoms with Crippen molar-refractivity contribution in [1.82, 2.24) is 4.90 Å². The van der Waals surface area contributed by atoms with Crippen molar-refractivity contribution in [2.45, 2.75) is 26.1 Å². The molecule has 2 aromatic rings. The average Bonchev–Trinajstić information content (AvgIpc) is 2.75. The van der Waals surface area contributed by atoms with Gasteiger partial charge in [0.15, 0.2) is 0 Å². The highest BCUT2D eigenvalue weighted by molar-refractivity contribution is 7.21. The molecule has 1 aliphatic heterocycles. The Balaban J connectivity index is 1.98. The van der Waals surface area contributed by atoms with Gasteiger partial charge in [0.1, 0.15) is 4.88 Å². The largest absolute Gasteiger partial charge is 0.372 e. The van der Waals surface area contributed by atoms with Crippen LogP contribution in [0.4, 0.5) is 0 Å². The Labute approximate surface area is 137 Å². The second-order valence-electron chi connectivity index (χ2n) is 5.33. The first kappa shape index (κ1) is 15.1. The summed E-state index contributed by atoms with van der Waals surface area (Å²) >= 11 is 14.0. The molecule has 2 heterocycles. The van der Waals surface area contributed by atoms with Crippen LogP contribution in [0.5, 0.6) is 0 Å². The van der Waals surface area contributed by atoms with E-state index < -0.39 is 0 Å².